The summed E-state index contributed by atoms with van der Waals surface area (Å²) in [7, 11) is 1.35. The number of likely N-dealkylation sites (N-methyl/N-ethyl adjacent to an activating group) is 1. The van der Waals surface area contributed by atoms with Crippen molar-refractivity contribution in [1.82, 2.24) is 19.8 Å². The molecular weight excluding hydrogens is 455 g/mol. The molecule has 0 aliphatic carbocycles. The number of nitrogens with zero attached hydrogens (tertiary/aromatic N) is 3. The van der Waals surface area contributed by atoms with E-state index in [1.807, 2.05) is 13.8 Å². The number of ether oxygens (including phenoxy) is 1. The van der Waals surface area contributed by atoms with Crippen molar-refractivity contribution < 1.29 is 23.8 Å². The van der Waals surface area contributed by atoms with Crippen LogP contribution in [-0.4, -0.2) is 57.1 Å². The number of rotatable bonds is 6. The number of nitrogens with one attached hydrogen (secondary N) is 1. The molecule has 2 N–H and O–H groups in total. The Bertz CT molecular complexity index is 1380. The van der Waals surface area contributed by atoms with Gasteiger partial charge in [0.1, 0.15) is 22.4 Å². The molecule has 0 saturated heterocycles. The smallest absolute Gasteiger partial charge is 0.268 e. The largest absolute Gasteiger partial charge is 0.505 e. The molecule has 0 fully saturated rings. The molecule has 3 aromatic rings. The molecule has 1 aliphatic rings. The van der Waals surface area contributed by atoms with E-state index in [0.29, 0.717) is 18.7 Å². The second-order valence-corrected chi connectivity index (χ2v) is 8.62. The molecule has 2 aromatic heterocycles. The van der Waals surface area contributed by atoms with Crippen LogP contribution in [0.15, 0.2) is 35.3 Å². The van der Waals surface area contributed by atoms with Crippen molar-refractivity contribution in [3.8, 4) is 11.5 Å². The quantitative estimate of drug-likeness (QED) is 0.557. The number of benzene rings is 1. The summed E-state index contributed by atoms with van der Waals surface area (Å²) < 4.78 is 21.0. The van der Waals surface area contributed by atoms with Crippen molar-refractivity contribution in [1.29, 1.82) is 0 Å². The zero-order valence-corrected chi connectivity index (χ0v) is 20.0. The minimum absolute atomic E-state index is 0.0124. The first-order chi connectivity index (χ1) is 16.6. The first-order valence-electron chi connectivity index (χ1n) is 11.4. The Labute approximate surface area is 201 Å². The molecule has 0 unspecified atom stereocenters. The second kappa shape index (κ2) is 9.01. The Morgan fingerprint density at radius 2 is 1.91 bits per heavy atom. The van der Waals surface area contributed by atoms with Crippen molar-refractivity contribution >= 4 is 22.8 Å². The third kappa shape index (κ3) is 3.98. The second-order valence-electron chi connectivity index (χ2n) is 8.62. The van der Waals surface area contributed by atoms with Gasteiger partial charge in [-0.05, 0) is 38.5 Å². The van der Waals surface area contributed by atoms with Gasteiger partial charge in [-0.25, -0.2) is 4.39 Å². The molecule has 1 aliphatic heterocycles. The predicted molar refractivity (Wildman–Crippen MR) is 127 cm³/mol. The van der Waals surface area contributed by atoms with E-state index in [-0.39, 0.29) is 41.5 Å². The van der Waals surface area contributed by atoms with Gasteiger partial charge in [0.05, 0.1) is 6.54 Å². The monoisotopic (exact) mass is 482 g/mol. The van der Waals surface area contributed by atoms with E-state index >= 15 is 0 Å². The lowest BCUT2D eigenvalue weighted by atomic mass is 9.98. The van der Waals surface area contributed by atoms with Crippen LogP contribution in [0.3, 0.4) is 0 Å². The molecule has 1 atom stereocenters. The van der Waals surface area contributed by atoms with Crippen molar-refractivity contribution in [2.75, 3.05) is 20.1 Å². The van der Waals surface area contributed by atoms with Crippen molar-refractivity contribution in [3.05, 3.63) is 63.3 Å². The molecule has 0 spiro atoms. The van der Waals surface area contributed by atoms with Crippen molar-refractivity contribution in [3.63, 3.8) is 0 Å². The summed E-state index contributed by atoms with van der Waals surface area (Å²) in [5.41, 5.74) is -1.14. The van der Waals surface area contributed by atoms with Crippen LogP contribution >= 0.6 is 0 Å². The first kappa shape index (κ1) is 24.2. The molecule has 9 nitrogen and oxygen atoms in total. The highest BCUT2D eigenvalue weighted by atomic mass is 19.1. The average molecular weight is 483 g/mol. The Balaban J connectivity index is 1.98. The Kier molecular flexibility index (Phi) is 6.23. The molecule has 10 heteroatoms. The molecule has 0 radical (unpaired) electrons. The number of carbonyl (C=O) groups excluding carboxylic acids is 2. The summed E-state index contributed by atoms with van der Waals surface area (Å²) in [5.74, 6) is -1.80. The zero-order chi connectivity index (χ0) is 25.5. The highest BCUT2D eigenvalue weighted by Crippen LogP contribution is 2.40. The zero-order valence-electron chi connectivity index (χ0n) is 20.0. The van der Waals surface area contributed by atoms with E-state index < -0.39 is 28.4 Å². The van der Waals surface area contributed by atoms with E-state index in [1.54, 1.807) is 24.0 Å². The van der Waals surface area contributed by atoms with Gasteiger partial charge in [0, 0.05) is 38.3 Å². The van der Waals surface area contributed by atoms with Gasteiger partial charge in [-0.1, -0.05) is 12.1 Å². The van der Waals surface area contributed by atoms with Gasteiger partial charge in [-0.3, -0.25) is 23.9 Å². The van der Waals surface area contributed by atoms with Gasteiger partial charge < -0.3 is 20.1 Å². The number of amides is 2. The Morgan fingerprint density at radius 3 is 2.51 bits per heavy atom. The lowest BCUT2D eigenvalue weighted by molar-refractivity contribution is -0.148. The molecule has 4 rings (SSSR count). The van der Waals surface area contributed by atoms with Crippen LogP contribution in [0, 0.1) is 5.82 Å². The van der Waals surface area contributed by atoms with Crippen LogP contribution in [0.5, 0.6) is 11.5 Å². The molecule has 0 saturated carbocycles. The number of aromatic nitrogens is 2. The van der Waals surface area contributed by atoms with Crippen LogP contribution in [0.25, 0.3) is 11.0 Å². The average Bonchev–Trinajstić information content (AvgIpc) is 2.85. The van der Waals surface area contributed by atoms with E-state index in [1.165, 1.54) is 29.9 Å². The van der Waals surface area contributed by atoms with Crippen LogP contribution in [0.1, 0.15) is 42.3 Å². The maximum absolute atomic E-state index is 13.5. The maximum Gasteiger partial charge on any atom is 0.268 e. The van der Waals surface area contributed by atoms with Gasteiger partial charge in [-0.2, -0.15) is 0 Å². The topological polar surface area (TPSA) is 114 Å². The van der Waals surface area contributed by atoms with Gasteiger partial charge in [0.2, 0.25) is 5.60 Å². The van der Waals surface area contributed by atoms with E-state index in [2.05, 4.69) is 10.3 Å². The number of aromatic hydroxyl groups is 1. The van der Waals surface area contributed by atoms with Crippen LogP contribution < -0.4 is 15.6 Å². The third-order valence-corrected chi connectivity index (χ3v) is 6.32. The highest BCUT2D eigenvalue weighted by Gasteiger charge is 2.44. The molecule has 3 heterocycles. The minimum atomic E-state index is -1.45. The number of hydrogen-bond donors (Lipinski definition) is 2. The number of hydrogen-bond acceptors (Lipinski definition) is 6. The van der Waals surface area contributed by atoms with Gasteiger partial charge in [0.25, 0.3) is 17.4 Å². The van der Waals surface area contributed by atoms with E-state index in [4.69, 9.17) is 4.74 Å². The Morgan fingerprint density at radius 1 is 1.26 bits per heavy atom. The van der Waals surface area contributed by atoms with Gasteiger partial charge in [0.15, 0.2) is 11.5 Å². The molecule has 184 valence electrons. The summed E-state index contributed by atoms with van der Waals surface area (Å²) in [6, 6.07) is 5.91. The fourth-order valence-electron chi connectivity index (χ4n) is 4.46. The lowest BCUT2D eigenvalue weighted by Gasteiger charge is -2.39. The van der Waals surface area contributed by atoms with Crippen LogP contribution in [0.2, 0.25) is 0 Å². The van der Waals surface area contributed by atoms with Crippen LogP contribution in [-0.2, 0) is 17.8 Å². The van der Waals surface area contributed by atoms with Gasteiger partial charge in [-0.15, -0.1) is 0 Å². The van der Waals surface area contributed by atoms with Crippen molar-refractivity contribution in [2.45, 2.75) is 39.3 Å². The number of pyridine rings is 2. The lowest BCUT2D eigenvalue weighted by Crippen LogP contribution is -2.56. The Hall–Kier alpha value is -3.95. The number of halogens is 1. The molecule has 0 bridgehead atoms. The highest BCUT2D eigenvalue weighted by molar-refractivity contribution is 6.02. The standard InChI is InChI=1S/C25H27FN4O5/c1-5-29(6-2)24(34)25(3)13-30-19-18(20(31)17(23(30)33)22(32)27-4)28-12-15(21(19)35-25)11-14-7-9-16(26)10-8-14/h7-10,12,31H,5-6,11,13H2,1-4H3,(H,27,32)/t25-/m0/s1. The maximum atomic E-state index is 13.5. The number of carbonyl (C=O) groups is 2. The normalized spacial score (nSPS) is 16.6. The first-order valence-corrected chi connectivity index (χ1v) is 11.4. The summed E-state index contributed by atoms with van der Waals surface area (Å²) in [5, 5.41) is 13.2. The third-order valence-electron chi connectivity index (χ3n) is 6.32. The fourth-order valence-corrected chi connectivity index (χ4v) is 4.46. The fraction of sp³-hybridized carbons (Fsp3) is 0.360. The SMILES string of the molecule is CCN(CC)C(=O)[C@]1(C)Cn2c(=O)c(C(=O)NC)c(O)c3ncc(Cc4ccc(F)cc4)c(c32)O1. The van der Waals surface area contributed by atoms with E-state index in [0.717, 1.165) is 5.56 Å². The molecule has 2 amide bonds. The predicted octanol–water partition coefficient (Wildman–Crippen LogP) is 2.21. The molecular formula is C25H27FN4O5. The van der Waals surface area contributed by atoms with E-state index in [9.17, 15) is 23.9 Å². The molecule has 1 aromatic carbocycles. The summed E-state index contributed by atoms with van der Waals surface area (Å²) >= 11 is 0. The minimum Gasteiger partial charge on any atom is -0.505 e. The van der Waals surface area contributed by atoms with Crippen molar-refractivity contribution in [2.24, 2.45) is 0 Å². The summed E-state index contributed by atoms with van der Waals surface area (Å²) in [6.07, 6.45) is 1.75. The summed E-state index contributed by atoms with van der Waals surface area (Å²) in [6.45, 7) is 6.02. The molecule has 35 heavy (non-hydrogen) atoms. The summed E-state index contributed by atoms with van der Waals surface area (Å²) in [4.78, 5) is 45.3. The van der Waals surface area contributed by atoms with Crippen LogP contribution in [0.4, 0.5) is 4.39 Å². The van der Waals surface area contributed by atoms with Gasteiger partial charge >= 0.3 is 0 Å².